The van der Waals surface area contributed by atoms with Crippen LogP contribution < -0.4 is 11.1 Å². The lowest BCUT2D eigenvalue weighted by Gasteiger charge is -2.37. The number of sulfone groups is 1. The molecule has 0 radical (unpaired) electrons. The van der Waals surface area contributed by atoms with Crippen molar-refractivity contribution in [1.82, 2.24) is 19.6 Å². The summed E-state index contributed by atoms with van der Waals surface area (Å²) in [6.45, 7) is 4.41. The van der Waals surface area contributed by atoms with E-state index in [9.17, 15) is 17.2 Å². The van der Waals surface area contributed by atoms with Gasteiger partial charge in [0.25, 0.3) is 0 Å². The molecule has 8 nitrogen and oxygen atoms in total. The van der Waals surface area contributed by atoms with E-state index in [1.165, 1.54) is 10.6 Å². The monoisotopic (exact) mass is 526 g/mol. The number of imidazole rings is 1. The number of rotatable bonds is 5. The lowest BCUT2D eigenvalue weighted by atomic mass is 9.71. The number of anilines is 2. The first-order valence-electron chi connectivity index (χ1n) is 12.0. The van der Waals surface area contributed by atoms with Crippen LogP contribution in [0.5, 0.6) is 0 Å². The van der Waals surface area contributed by atoms with Gasteiger partial charge in [-0.1, -0.05) is 13.8 Å². The van der Waals surface area contributed by atoms with Crippen LogP contribution >= 0.6 is 0 Å². The molecule has 1 aliphatic carbocycles. The quantitative estimate of drug-likeness (QED) is 0.388. The van der Waals surface area contributed by atoms with E-state index in [1.54, 1.807) is 24.7 Å². The molecule has 3 aromatic heterocycles. The maximum Gasteiger partial charge on any atom is 0.229 e. The lowest BCUT2D eigenvalue weighted by Crippen LogP contribution is -2.39. The number of pyridine rings is 1. The molecular formula is C26H28F2N6O2S. The van der Waals surface area contributed by atoms with Gasteiger partial charge in [0, 0.05) is 18.5 Å². The Morgan fingerprint density at radius 3 is 2.49 bits per heavy atom. The third kappa shape index (κ3) is 4.80. The van der Waals surface area contributed by atoms with E-state index in [0.29, 0.717) is 23.3 Å². The molecule has 4 aromatic rings. The van der Waals surface area contributed by atoms with Crippen molar-refractivity contribution in [2.75, 3.05) is 11.6 Å². The number of hydrogen-bond donors (Lipinski definition) is 2. The fourth-order valence-electron chi connectivity index (χ4n) is 5.08. The first-order chi connectivity index (χ1) is 17.5. The summed E-state index contributed by atoms with van der Waals surface area (Å²) in [6.07, 6.45) is 7.81. The molecule has 0 spiro atoms. The van der Waals surface area contributed by atoms with Crippen molar-refractivity contribution >= 4 is 27.0 Å². The molecule has 4 unspecified atom stereocenters. The van der Waals surface area contributed by atoms with Crippen molar-refractivity contribution in [2.45, 2.75) is 43.5 Å². The summed E-state index contributed by atoms with van der Waals surface area (Å²) in [4.78, 5) is 8.25. The van der Waals surface area contributed by atoms with Crippen LogP contribution in [0.1, 0.15) is 38.2 Å². The third-order valence-electron chi connectivity index (χ3n) is 7.41. The molecule has 37 heavy (non-hydrogen) atoms. The van der Waals surface area contributed by atoms with Crippen LogP contribution in [0.15, 0.2) is 53.8 Å². The fraction of sp³-hybridized carbons (Fsp3) is 0.346. The molecular weight excluding hydrogens is 498 g/mol. The second kappa shape index (κ2) is 9.46. The number of hydrogen-bond acceptors (Lipinski definition) is 7. The highest BCUT2D eigenvalue weighted by Gasteiger charge is 2.32. The molecule has 5 rings (SSSR count). The summed E-state index contributed by atoms with van der Waals surface area (Å²) in [5.74, 6) is -0.521. The highest BCUT2D eigenvalue weighted by molar-refractivity contribution is 7.90. The Morgan fingerprint density at radius 1 is 1.08 bits per heavy atom. The Kier molecular flexibility index (Phi) is 6.45. The SMILES string of the molecule is CC1CC(c2ccncc2Nc2ncc3ccc(-c4c(F)cc(S(C)(=O)=O)cc4F)nn23)CC(N)C1C. The number of halogens is 2. The minimum absolute atomic E-state index is 0.00363. The zero-order valence-corrected chi connectivity index (χ0v) is 21.5. The zero-order valence-electron chi connectivity index (χ0n) is 20.7. The highest BCUT2D eigenvalue weighted by atomic mass is 32.2. The molecule has 1 aromatic carbocycles. The number of nitrogens with one attached hydrogen (secondary N) is 1. The number of nitrogens with two attached hydrogens (primary N) is 1. The van der Waals surface area contributed by atoms with Crippen molar-refractivity contribution in [3.8, 4) is 11.3 Å². The Balaban J connectivity index is 1.51. The average Bonchev–Trinajstić information content (AvgIpc) is 3.23. The van der Waals surface area contributed by atoms with E-state index in [4.69, 9.17) is 5.73 Å². The van der Waals surface area contributed by atoms with Crippen LogP contribution in [0.2, 0.25) is 0 Å². The first-order valence-corrected chi connectivity index (χ1v) is 13.9. The minimum atomic E-state index is -3.78. The van der Waals surface area contributed by atoms with Gasteiger partial charge in [-0.2, -0.15) is 9.61 Å². The summed E-state index contributed by atoms with van der Waals surface area (Å²) in [5.41, 5.74) is 8.44. The van der Waals surface area contributed by atoms with Crippen molar-refractivity contribution in [3.05, 3.63) is 66.1 Å². The Hall–Kier alpha value is -3.44. The molecule has 1 saturated carbocycles. The molecule has 3 N–H and O–H groups in total. The number of fused-ring (bicyclic) bond motifs is 1. The molecule has 0 amide bonds. The normalized spacial score (nSPS) is 22.3. The van der Waals surface area contributed by atoms with E-state index < -0.39 is 31.9 Å². The fourth-order valence-corrected chi connectivity index (χ4v) is 5.71. The van der Waals surface area contributed by atoms with E-state index >= 15 is 0 Å². The van der Waals surface area contributed by atoms with Crippen LogP contribution in [-0.2, 0) is 9.84 Å². The van der Waals surface area contributed by atoms with Crippen LogP contribution in [0.4, 0.5) is 20.4 Å². The third-order valence-corrected chi connectivity index (χ3v) is 8.50. The van der Waals surface area contributed by atoms with Crippen molar-refractivity contribution in [3.63, 3.8) is 0 Å². The molecule has 0 aliphatic heterocycles. The number of benzene rings is 1. The molecule has 0 saturated heterocycles. The molecule has 11 heteroatoms. The standard InChI is InChI=1S/C26H28F2N6O2S/c1-14-8-16(9-22(29)15(14)2)19-6-7-30-13-24(19)32-26-31-12-17-4-5-23(33-34(17)26)25-20(27)10-18(11-21(25)28)37(3,35)36/h4-7,10-16,22H,8-9,29H2,1-3H3,(H,31,32). The van der Waals surface area contributed by atoms with Gasteiger partial charge >= 0.3 is 0 Å². The van der Waals surface area contributed by atoms with Crippen molar-refractivity contribution < 1.29 is 17.2 Å². The first kappa shape index (κ1) is 25.2. The van der Waals surface area contributed by atoms with Crippen LogP contribution in [0.25, 0.3) is 16.8 Å². The summed E-state index contributed by atoms with van der Waals surface area (Å²) >= 11 is 0. The largest absolute Gasteiger partial charge is 0.327 e. The predicted octanol–water partition coefficient (Wildman–Crippen LogP) is 4.69. The highest BCUT2D eigenvalue weighted by Crippen LogP contribution is 2.41. The topological polar surface area (TPSA) is 115 Å². The molecule has 0 bridgehead atoms. The molecule has 194 valence electrons. The summed E-state index contributed by atoms with van der Waals surface area (Å²) < 4.78 is 54.7. The van der Waals surface area contributed by atoms with Gasteiger partial charge in [-0.05, 0) is 66.5 Å². The Morgan fingerprint density at radius 2 is 1.81 bits per heavy atom. The van der Waals surface area contributed by atoms with Gasteiger partial charge < -0.3 is 11.1 Å². The van der Waals surface area contributed by atoms with E-state index in [2.05, 4.69) is 34.2 Å². The second-order valence-electron chi connectivity index (χ2n) is 9.93. The van der Waals surface area contributed by atoms with Crippen molar-refractivity contribution in [2.24, 2.45) is 17.6 Å². The lowest BCUT2D eigenvalue weighted by molar-refractivity contribution is 0.216. The number of aromatic nitrogens is 4. The van der Waals surface area contributed by atoms with Crippen LogP contribution in [-0.4, -0.2) is 40.3 Å². The van der Waals surface area contributed by atoms with Crippen LogP contribution in [0, 0.1) is 23.5 Å². The maximum atomic E-state index is 14.8. The van der Waals surface area contributed by atoms with Gasteiger partial charge in [-0.3, -0.25) is 4.98 Å². The maximum absolute atomic E-state index is 14.8. The molecule has 4 atom stereocenters. The Labute approximate surface area is 213 Å². The zero-order chi connectivity index (χ0) is 26.5. The average molecular weight is 527 g/mol. The minimum Gasteiger partial charge on any atom is -0.327 e. The van der Waals surface area contributed by atoms with Crippen LogP contribution in [0.3, 0.4) is 0 Å². The summed E-state index contributed by atoms with van der Waals surface area (Å²) in [5, 5.41) is 7.70. The Bertz CT molecular complexity index is 1550. The van der Waals surface area contributed by atoms with E-state index in [1.807, 2.05) is 6.07 Å². The van der Waals surface area contributed by atoms with Gasteiger partial charge in [-0.25, -0.2) is 22.2 Å². The second-order valence-corrected chi connectivity index (χ2v) is 11.9. The summed E-state index contributed by atoms with van der Waals surface area (Å²) in [7, 11) is -3.78. The van der Waals surface area contributed by atoms with Gasteiger partial charge in [0.05, 0.1) is 39.8 Å². The van der Waals surface area contributed by atoms with Gasteiger partial charge in [0.1, 0.15) is 11.6 Å². The summed E-state index contributed by atoms with van der Waals surface area (Å²) in [6, 6.07) is 6.77. The van der Waals surface area contributed by atoms with Gasteiger partial charge in [-0.15, -0.1) is 0 Å². The molecule has 3 heterocycles. The number of nitrogens with zero attached hydrogens (tertiary/aromatic N) is 4. The smallest absolute Gasteiger partial charge is 0.229 e. The van der Waals surface area contributed by atoms with Gasteiger partial charge in [0.2, 0.25) is 5.95 Å². The van der Waals surface area contributed by atoms with Gasteiger partial charge in [0.15, 0.2) is 9.84 Å². The van der Waals surface area contributed by atoms with E-state index in [0.717, 1.165) is 42.5 Å². The van der Waals surface area contributed by atoms with E-state index in [-0.39, 0.29) is 17.7 Å². The van der Waals surface area contributed by atoms with Crippen molar-refractivity contribution in [1.29, 1.82) is 0 Å². The molecule has 1 fully saturated rings. The molecule has 1 aliphatic rings. The predicted molar refractivity (Wildman–Crippen MR) is 137 cm³/mol.